The number of nitrogens with zero attached hydrogens (tertiary/aromatic N) is 2. The minimum atomic E-state index is -0.552. The van der Waals surface area contributed by atoms with Gasteiger partial charge in [-0.15, -0.1) is 0 Å². The Balaban J connectivity index is 1.80. The second-order valence-corrected chi connectivity index (χ2v) is 9.28. The Morgan fingerprint density at radius 1 is 1.14 bits per heavy atom. The molecule has 1 heterocycles. The fourth-order valence-corrected chi connectivity index (χ4v) is 4.57. The van der Waals surface area contributed by atoms with Gasteiger partial charge in [-0.3, -0.25) is 4.79 Å². The highest BCUT2D eigenvalue weighted by Gasteiger charge is 2.22. The number of carbonyl (C=O) groups excluding carboxylic acids is 1. The highest BCUT2D eigenvalue weighted by Crippen LogP contribution is 2.38. The number of primary amides is 1. The first-order valence-electron chi connectivity index (χ1n) is 11.3. The van der Waals surface area contributed by atoms with Crippen molar-refractivity contribution >= 4 is 32.9 Å². The Kier molecular flexibility index (Phi) is 7.42. The van der Waals surface area contributed by atoms with Gasteiger partial charge in [-0.05, 0) is 45.6 Å². The molecule has 0 unspecified atom stereocenters. The molecular formula is C27H28BrN3O4. The lowest BCUT2D eigenvalue weighted by atomic mass is 10.0. The van der Waals surface area contributed by atoms with Gasteiger partial charge in [0.1, 0.15) is 35.0 Å². The second kappa shape index (κ2) is 10.5. The van der Waals surface area contributed by atoms with Crippen LogP contribution >= 0.6 is 15.9 Å². The van der Waals surface area contributed by atoms with Crippen LogP contribution in [0.5, 0.6) is 11.5 Å². The summed E-state index contributed by atoms with van der Waals surface area (Å²) < 4.78 is 14.4. The normalized spacial score (nSPS) is 11.3. The molecule has 8 heteroatoms. The van der Waals surface area contributed by atoms with Crippen molar-refractivity contribution in [2.24, 2.45) is 5.73 Å². The van der Waals surface area contributed by atoms with E-state index >= 15 is 0 Å². The Morgan fingerprint density at radius 2 is 1.86 bits per heavy atom. The molecule has 0 bridgehead atoms. The van der Waals surface area contributed by atoms with E-state index in [0.717, 1.165) is 26.9 Å². The Morgan fingerprint density at radius 3 is 2.49 bits per heavy atom. The predicted molar refractivity (Wildman–Crippen MR) is 140 cm³/mol. The number of amides is 1. The summed E-state index contributed by atoms with van der Waals surface area (Å²) in [5.74, 6) is 1.62. The zero-order valence-corrected chi connectivity index (χ0v) is 21.5. The first-order valence-corrected chi connectivity index (χ1v) is 12.1. The van der Waals surface area contributed by atoms with Gasteiger partial charge < -0.3 is 24.9 Å². The zero-order chi connectivity index (χ0) is 25.1. The fourth-order valence-electron chi connectivity index (χ4n) is 4.07. The molecular weight excluding hydrogens is 510 g/mol. The van der Waals surface area contributed by atoms with Crippen LogP contribution in [0.2, 0.25) is 0 Å². The average Bonchev–Trinajstić information content (AvgIpc) is 3.24. The molecule has 35 heavy (non-hydrogen) atoms. The Labute approximate surface area is 212 Å². The molecule has 0 aliphatic rings. The van der Waals surface area contributed by atoms with Crippen molar-refractivity contribution in [1.29, 1.82) is 0 Å². The van der Waals surface area contributed by atoms with Crippen molar-refractivity contribution in [3.63, 3.8) is 0 Å². The van der Waals surface area contributed by atoms with E-state index in [1.807, 2.05) is 10.6 Å². The fraction of sp³-hybridized carbons (Fsp3) is 0.259. The highest BCUT2D eigenvalue weighted by atomic mass is 79.9. The number of halogens is 1. The summed E-state index contributed by atoms with van der Waals surface area (Å²) in [7, 11) is 1.60. The average molecular weight is 538 g/mol. The van der Waals surface area contributed by atoms with E-state index in [1.165, 1.54) is 5.56 Å². The number of aliphatic hydroxyl groups excluding tert-OH is 1. The largest absolute Gasteiger partial charge is 0.494 e. The van der Waals surface area contributed by atoms with Crippen LogP contribution < -0.4 is 15.2 Å². The maximum absolute atomic E-state index is 11.7. The lowest BCUT2D eigenvalue weighted by molar-refractivity contribution is 0.0996. The number of para-hydroxylation sites is 1. The molecule has 1 aromatic heterocycles. The van der Waals surface area contributed by atoms with Gasteiger partial charge in [0.2, 0.25) is 0 Å². The molecule has 0 atom stereocenters. The molecule has 1 amide bonds. The Bertz CT molecular complexity index is 1360. The van der Waals surface area contributed by atoms with Crippen molar-refractivity contribution in [2.75, 3.05) is 13.7 Å². The minimum Gasteiger partial charge on any atom is -0.494 e. The van der Waals surface area contributed by atoms with Crippen LogP contribution in [0.3, 0.4) is 0 Å². The number of aliphatic hydroxyl groups is 1. The van der Waals surface area contributed by atoms with Crippen molar-refractivity contribution in [1.82, 2.24) is 9.55 Å². The molecule has 7 nitrogen and oxygen atoms in total. The third-order valence-electron chi connectivity index (χ3n) is 5.91. The summed E-state index contributed by atoms with van der Waals surface area (Å²) in [6.07, 6.45) is 0. The van der Waals surface area contributed by atoms with E-state index in [0.29, 0.717) is 35.0 Å². The first-order chi connectivity index (χ1) is 16.8. The number of benzene rings is 3. The van der Waals surface area contributed by atoms with Crippen LogP contribution in [0, 0.1) is 0 Å². The van der Waals surface area contributed by atoms with Crippen molar-refractivity contribution in [3.8, 4) is 22.9 Å². The number of aromatic nitrogens is 2. The number of hydrogen-bond acceptors (Lipinski definition) is 5. The number of imidazole rings is 1. The second-order valence-electron chi connectivity index (χ2n) is 8.49. The van der Waals surface area contributed by atoms with E-state index in [2.05, 4.69) is 54.0 Å². The summed E-state index contributed by atoms with van der Waals surface area (Å²) >= 11 is 3.70. The quantitative estimate of drug-likeness (QED) is 0.303. The van der Waals surface area contributed by atoms with E-state index in [1.54, 1.807) is 31.4 Å². The lowest BCUT2D eigenvalue weighted by Crippen LogP contribution is -2.13. The standard InChI is InChI=1S/C27H28BrN3O4/c1-16(2)17-8-10-18(11-9-17)27-30-24-23(28)19(14-22(34-3)25(24)31(27)12-13-32)15-35-21-7-5-4-6-20(21)26(29)33/h4-11,14,16,32H,12-13,15H2,1-3H3,(H2,29,33). The van der Waals surface area contributed by atoms with Crippen LogP contribution in [-0.4, -0.2) is 34.3 Å². The smallest absolute Gasteiger partial charge is 0.252 e. The van der Waals surface area contributed by atoms with Gasteiger partial charge in [0, 0.05) is 17.7 Å². The lowest BCUT2D eigenvalue weighted by Gasteiger charge is -2.14. The molecule has 3 N–H and O–H groups in total. The molecule has 0 spiro atoms. The number of carbonyl (C=O) groups is 1. The molecule has 4 rings (SSSR count). The number of rotatable bonds is 9. The van der Waals surface area contributed by atoms with Crippen LogP contribution in [0.1, 0.15) is 41.3 Å². The van der Waals surface area contributed by atoms with E-state index < -0.39 is 5.91 Å². The van der Waals surface area contributed by atoms with Gasteiger partial charge in [0.25, 0.3) is 5.91 Å². The maximum atomic E-state index is 11.7. The van der Waals surface area contributed by atoms with Crippen molar-refractivity contribution in [3.05, 3.63) is 75.8 Å². The molecule has 0 fully saturated rings. The van der Waals surface area contributed by atoms with Crippen LogP contribution in [0.15, 0.2) is 59.1 Å². The SMILES string of the molecule is COc1cc(COc2ccccc2C(N)=O)c(Br)c2nc(-c3ccc(C(C)C)cc3)n(CCO)c12. The van der Waals surface area contributed by atoms with E-state index in [4.69, 9.17) is 20.2 Å². The molecule has 3 aromatic carbocycles. The molecule has 182 valence electrons. The summed E-state index contributed by atoms with van der Waals surface area (Å²) in [5, 5.41) is 9.80. The van der Waals surface area contributed by atoms with Gasteiger partial charge in [-0.25, -0.2) is 4.98 Å². The summed E-state index contributed by atoms with van der Waals surface area (Å²) in [6, 6.07) is 17.0. The van der Waals surface area contributed by atoms with Gasteiger partial charge >= 0.3 is 0 Å². The Hall–Kier alpha value is -3.36. The summed E-state index contributed by atoms with van der Waals surface area (Å²) in [6.45, 7) is 4.80. The van der Waals surface area contributed by atoms with Crippen molar-refractivity contribution in [2.45, 2.75) is 32.9 Å². The predicted octanol–water partition coefficient (Wildman–Crippen LogP) is 5.27. The highest BCUT2D eigenvalue weighted by molar-refractivity contribution is 9.10. The monoisotopic (exact) mass is 537 g/mol. The van der Waals surface area contributed by atoms with Gasteiger partial charge in [0.05, 0.1) is 23.8 Å². The van der Waals surface area contributed by atoms with Gasteiger partial charge in [-0.2, -0.15) is 0 Å². The third-order valence-corrected chi connectivity index (χ3v) is 6.80. The first kappa shape index (κ1) is 24.8. The number of fused-ring (bicyclic) bond motifs is 1. The van der Waals surface area contributed by atoms with Crippen molar-refractivity contribution < 1.29 is 19.4 Å². The topological polar surface area (TPSA) is 99.6 Å². The van der Waals surface area contributed by atoms with E-state index in [-0.39, 0.29) is 13.2 Å². The number of methoxy groups -OCH3 is 1. The van der Waals surface area contributed by atoms with E-state index in [9.17, 15) is 9.90 Å². The minimum absolute atomic E-state index is 0.0436. The molecule has 0 saturated heterocycles. The third kappa shape index (κ3) is 4.90. The number of nitrogens with two attached hydrogens (primary N) is 1. The van der Waals surface area contributed by atoms with Gasteiger partial charge in [-0.1, -0.05) is 50.2 Å². The number of hydrogen-bond donors (Lipinski definition) is 2. The van der Waals surface area contributed by atoms with Gasteiger partial charge in [0.15, 0.2) is 0 Å². The summed E-state index contributed by atoms with van der Waals surface area (Å²) in [5.41, 5.74) is 10.3. The zero-order valence-electron chi connectivity index (χ0n) is 19.9. The van der Waals surface area contributed by atoms with Crippen LogP contribution in [0.25, 0.3) is 22.4 Å². The molecule has 0 aliphatic heterocycles. The van der Waals surface area contributed by atoms with Crippen LogP contribution in [-0.2, 0) is 13.2 Å². The molecule has 0 saturated carbocycles. The van der Waals surface area contributed by atoms with Crippen LogP contribution in [0.4, 0.5) is 0 Å². The number of ether oxygens (including phenoxy) is 2. The molecule has 0 aliphatic carbocycles. The summed E-state index contributed by atoms with van der Waals surface area (Å²) in [4.78, 5) is 16.7. The molecule has 0 radical (unpaired) electrons. The maximum Gasteiger partial charge on any atom is 0.252 e. The molecule has 4 aromatic rings.